The van der Waals surface area contributed by atoms with Gasteiger partial charge in [0.2, 0.25) is 0 Å². The predicted molar refractivity (Wildman–Crippen MR) is 126 cm³/mol. The second-order valence-corrected chi connectivity index (χ2v) is 8.66. The van der Waals surface area contributed by atoms with Crippen LogP contribution in [0.2, 0.25) is 0 Å². The van der Waals surface area contributed by atoms with Crippen LogP contribution in [-0.2, 0) is 17.0 Å². The fraction of sp³-hybridized carbons (Fsp3) is 0.240. The lowest BCUT2D eigenvalue weighted by molar-refractivity contribution is 0.0303. The predicted octanol–water partition coefficient (Wildman–Crippen LogP) is 4.24. The Morgan fingerprint density at radius 3 is 2.53 bits per heavy atom. The van der Waals surface area contributed by atoms with Crippen molar-refractivity contribution in [2.75, 3.05) is 26.3 Å². The van der Waals surface area contributed by atoms with Crippen LogP contribution in [0.3, 0.4) is 0 Å². The number of pyridine rings is 1. The first-order chi connectivity index (χ1) is 15.8. The van der Waals surface area contributed by atoms with E-state index >= 15 is 0 Å². The molecular weight excluding hydrogens is 420 g/mol. The maximum absolute atomic E-state index is 12.7. The van der Waals surface area contributed by atoms with E-state index in [2.05, 4.69) is 33.8 Å². The monoisotopic (exact) mass is 444 g/mol. The standard InChI is InChI=1S/C25H24N4O2S/c30-24(28-12-14-31-15-13-28)21-8-6-20(7-9-21)18-32-25-27-22-10-11-26-16-23(22)29(25)17-19-4-2-1-3-5-19/h1-11,16H,12-15,17-18H2. The molecule has 2 aromatic heterocycles. The van der Waals surface area contributed by atoms with Crippen LogP contribution in [0.4, 0.5) is 0 Å². The van der Waals surface area contributed by atoms with Crippen molar-refractivity contribution in [2.45, 2.75) is 17.5 Å². The van der Waals surface area contributed by atoms with Gasteiger partial charge in [-0.15, -0.1) is 0 Å². The molecule has 1 fully saturated rings. The Morgan fingerprint density at radius 2 is 1.75 bits per heavy atom. The van der Waals surface area contributed by atoms with Gasteiger partial charge in [-0.05, 0) is 29.3 Å². The number of amides is 1. The van der Waals surface area contributed by atoms with E-state index in [0.29, 0.717) is 26.3 Å². The van der Waals surface area contributed by atoms with Gasteiger partial charge in [0.05, 0.1) is 37.0 Å². The molecule has 6 nitrogen and oxygen atoms in total. The molecule has 162 valence electrons. The molecule has 4 aromatic rings. The summed E-state index contributed by atoms with van der Waals surface area (Å²) in [6, 6.07) is 20.3. The Hall–Kier alpha value is -3.16. The number of benzene rings is 2. The molecule has 32 heavy (non-hydrogen) atoms. The van der Waals surface area contributed by atoms with Crippen LogP contribution < -0.4 is 0 Å². The van der Waals surface area contributed by atoms with E-state index in [9.17, 15) is 4.79 Å². The molecule has 0 saturated carbocycles. The molecule has 0 atom stereocenters. The van der Waals surface area contributed by atoms with Gasteiger partial charge in [-0.25, -0.2) is 4.98 Å². The van der Waals surface area contributed by atoms with Crippen LogP contribution in [0.5, 0.6) is 0 Å². The third kappa shape index (κ3) is 4.54. The second kappa shape index (κ2) is 9.54. The normalized spacial score (nSPS) is 14.1. The lowest BCUT2D eigenvalue weighted by Gasteiger charge is -2.26. The van der Waals surface area contributed by atoms with Gasteiger partial charge in [-0.3, -0.25) is 9.78 Å². The first-order valence-electron chi connectivity index (χ1n) is 10.7. The summed E-state index contributed by atoms with van der Waals surface area (Å²) in [5, 5.41) is 0.963. The van der Waals surface area contributed by atoms with Crippen LogP contribution in [0.1, 0.15) is 21.5 Å². The zero-order valence-electron chi connectivity index (χ0n) is 17.7. The smallest absolute Gasteiger partial charge is 0.254 e. The van der Waals surface area contributed by atoms with Gasteiger partial charge in [-0.2, -0.15) is 0 Å². The minimum absolute atomic E-state index is 0.0738. The van der Waals surface area contributed by atoms with Crippen molar-refractivity contribution in [3.05, 3.63) is 89.7 Å². The highest BCUT2D eigenvalue weighted by molar-refractivity contribution is 7.98. The number of carbonyl (C=O) groups excluding carboxylic acids is 1. The molecule has 1 aliphatic rings. The first kappa shape index (κ1) is 20.7. The SMILES string of the molecule is O=C(c1ccc(CSc2nc3ccncc3n2Cc2ccccc2)cc1)N1CCOCC1. The third-order valence-electron chi connectivity index (χ3n) is 5.57. The fourth-order valence-electron chi connectivity index (χ4n) is 3.82. The summed E-state index contributed by atoms with van der Waals surface area (Å²) >= 11 is 1.70. The van der Waals surface area contributed by atoms with Crippen molar-refractivity contribution in [1.82, 2.24) is 19.4 Å². The number of thioether (sulfide) groups is 1. The summed E-state index contributed by atoms with van der Waals surface area (Å²) in [6.45, 7) is 3.28. The van der Waals surface area contributed by atoms with Gasteiger partial charge in [0, 0.05) is 30.6 Å². The van der Waals surface area contributed by atoms with Crippen molar-refractivity contribution in [3.8, 4) is 0 Å². The van der Waals surface area contributed by atoms with E-state index in [4.69, 9.17) is 9.72 Å². The lowest BCUT2D eigenvalue weighted by atomic mass is 10.1. The minimum Gasteiger partial charge on any atom is -0.378 e. The number of fused-ring (bicyclic) bond motifs is 1. The van der Waals surface area contributed by atoms with Crippen molar-refractivity contribution in [3.63, 3.8) is 0 Å². The second-order valence-electron chi connectivity index (χ2n) is 7.72. The van der Waals surface area contributed by atoms with E-state index in [1.54, 1.807) is 18.0 Å². The molecule has 0 spiro atoms. The third-order valence-corrected chi connectivity index (χ3v) is 6.61. The molecule has 1 saturated heterocycles. The van der Waals surface area contributed by atoms with Gasteiger partial charge < -0.3 is 14.2 Å². The van der Waals surface area contributed by atoms with E-state index < -0.39 is 0 Å². The van der Waals surface area contributed by atoms with Crippen LogP contribution in [0, 0.1) is 0 Å². The molecule has 1 amide bonds. The molecular formula is C25H24N4O2S. The maximum atomic E-state index is 12.7. The Balaban J connectivity index is 1.32. The van der Waals surface area contributed by atoms with E-state index in [1.807, 2.05) is 47.5 Å². The number of nitrogens with zero attached hydrogens (tertiary/aromatic N) is 4. The number of carbonyl (C=O) groups is 1. The minimum atomic E-state index is 0.0738. The zero-order valence-corrected chi connectivity index (χ0v) is 18.5. The molecule has 0 radical (unpaired) electrons. The molecule has 0 bridgehead atoms. The van der Waals surface area contributed by atoms with Crippen LogP contribution in [0.25, 0.3) is 11.0 Å². The molecule has 2 aromatic carbocycles. The lowest BCUT2D eigenvalue weighted by Crippen LogP contribution is -2.40. The summed E-state index contributed by atoms with van der Waals surface area (Å²) in [6.07, 6.45) is 3.65. The van der Waals surface area contributed by atoms with Crippen molar-refractivity contribution >= 4 is 28.7 Å². The molecule has 7 heteroatoms. The quantitative estimate of drug-likeness (QED) is 0.416. The number of aromatic nitrogens is 3. The van der Waals surface area contributed by atoms with E-state index in [-0.39, 0.29) is 5.91 Å². The Kier molecular flexibility index (Phi) is 6.18. The Bertz CT molecular complexity index is 1200. The average molecular weight is 445 g/mol. The van der Waals surface area contributed by atoms with E-state index in [1.165, 1.54) is 5.56 Å². The van der Waals surface area contributed by atoms with Gasteiger partial charge in [-0.1, -0.05) is 54.2 Å². The molecule has 0 unspecified atom stereocenters. The molecule has 0 aliphatic carbocycles. The molecule has 0 N–H and O–H groups in total. The summed E-state index contributed by atoms with van der Waals surface area (Å²) in [4.78, 5) is 23.7. The average Bonchev–Trinajstić information content (AvgIpc) is 3.21. The summed E-state index contributed by atoms with van der Waals surface area (Å²) < 4.78 is 7.56. The molecule has 1 aliphatic heterocycles. The van der Waals surface area contributed by atoms with Gasteiger partial charge in [0.15, 0.2) is 5.16 Å². The number of hydrogen-bond acceptors (Lipinski definition) is 5. The van der Waals surface area contributed by atoms with E-state index in [0.717, 1.165) is 39.6 Å². The van der Waals surface area contributed by atoms with Gasteiger partial charge in [0.25, 0.3) is 5.91 Å². The number of ether oxygens (including phenoxy) is 1. The molecule has 5 rings (SSSR count). The highest BCUT2D eigenvalue weighted by atomic mass is 32.2. The fourth-order valence-corrected chi connectivity index (χ4v) is 4.79. The van der Waals surface area contributed by atoms with Crippen LogP contribution in [0.15, 0.2) is 78.2 Å². The first-order valence-corrected chi connectivity index (χ1v) is 11.7. The number of hydrogen-bond donors (Lipinski definition) is 0. The summed E-state index contributed by atoms with van der Waals surface area (Å²) in [7, 11) is 0. The number of imidazole rings is 1. The Labute approximate surface area is 191 Å². The highest BCUT2D eigenvalue weighted by Gasteiger charge is 2.18. The maximum Gasteiger partial charge on any atom is 0.254 e. The topological polar surface area (TPSA) is 60.2 Å². The van der Waals surface area contributed by atoms with Crippen LogP contribution in [-0.4, -0.2) is 51.6 Å². The largest absolute Gasteiger partial charge is 0.378 e. The van der Waals surface area contributed by atoms with Crippen molar-refractivity contribution in [1.29, 1.82) is 0 Å². The Morgan fingerprint density at radius 1 is 0.969 bits per heavy atom. The number of rotatable bonds is 6. The molecule has 3 heterocycles. The van der Waals surface area contributed by atoms with Gasteiger partial charge >= 0.3 is 0 Å². The van der Waals surface area contributed by atoms with Crippen molar-refractivity contribution in [2.24, 2.45) is 0 Å². The van der Waals surface area contributed by atoms with Gasteiger partial charge in [0.1, 0.15) is 0 Å². The number of morpholine rings is 1. The zero-order chi connectivity index (χ0) is 21.8. The summed E-state index contributed by atoms with van der Waals surface area (Å²) in [5.74, 6) is 0.849. The highest BCUT2D eigenvalue weighted by Crippen LogP contribution is 2.27. The summed E-state index contributed by atoms with van der Waals surface area (Å²) in [5.41, 5.74) is 5.09. The van der Waals surface area contributed by atoms with Crippen molar-refractivity contribution < 1.29 is 9.53 Å². The van der Waals surface area contributed by atoms with Crippen LogP contribution >= 0.6 is 11.8 Å².